The Labute approximate surface area is 113 Å². The monoisotopic (exact) mass is 269 g/mol. The zero-order valence-electron chi connectivity index (χ0n) is 11.1. The summed E-state index contributed by atoms with van der Waals surface area (Å²) in [4.78, 5) is 13.3. The highest BCUT2D eigenvalue weighted by molar-refractivity contribution is 6.30. The van der Waals surface area contributed by atoms with Gasteiger partial charge in [-0.2, -0.15) is 0 Å². The molecule has 5 heteroatoms. The summed E-state index contributed by atoms with van der Waals surface area (Å²) in [6.45, 7) is 1.43. The molecule has 2 N–H and O–H groups in total. The van der Waals surface area contributed by atoms with Crippen molar-refractivity contribution < 1.29 is 4.79 Å². The zero-order valence-corrected chi connectivity index (χ0v) is 11.8. The van der Waals surface area contributed by atoms with Crippen LogP contribution in [-0.4, -0.2) is 33.6 Å². The van der Waals surface area contributed by atoms with Crippen molar-refractivity contribution in [3.8, 4) is 0 Å². The number of hydrogen-bond acceptors (Lipinski definition) is 3. The highest BCUT2D eigenvalue weighted by Crippen LogP contribution is 2.23. The van der Waals surface area contributed by atoms with Crippen molar-refractivity contribution in [2.45, 2.75) is 13.0 Å². The zero-order chi connectivity index (χ0) is 13.5. The summed E-state index contributed by atoms with van der Waals surface area (Å²) in [5.41, 5.74) is 2.22. The van der Waals surface area contributed by atoms with Crippen LogP contribution in [0.3, 0.4) is 0 Å². The summed E-state index contributed by atoms with van der Waals surface area (Å²) in [6, 6.07) is 5.80. The first-order valence-electron chi connectivity index (χ1n) is 5.93. The van der Waals surface area contributed by atoms with E-state index >= 15 is 0 Å². The van der Waals surface area contributed by atoms with Gasteiger partial charge in [0.15, 0.2) is 0 Å². The average Bonchev–Trinajstić information content (AvgIpc) is 2.36. The van der Waals surface area contributed by atoms with Crippen molar-refractivity contribution in [3.05, 3.63) is 28.8 Å². The third-order valence-electron chi connectivity index (χ3n) is 2.77. The number of carbonyl (C=O) groups excluding carboxylic acids is 1. The first kappa shape index (κ1) is 14.8. The fourth-order valence-electron chi connectivity index (χ4n) is 1.77. The minimum atomic E-state index is 0.0472. The standard InChI is InChI=1S/C13H20ClN3O/c1-15-9-10-8-11(14)4-5-12(10)17(3)7-6-13(18)16-2/h4-5,8,15H,6-7,9H2,1-3H3,(H,16,18). The lowest BCUT2D eigenvalue weighted by molar-refractivity contribution is -0.120. The number of hydrogen-bond donors (Lipinski definition) is 2. The highest BCUT2D eigenvalue weighted by atomic mass is 35.5. The Morgan fingerprint density at radius 1 is 1.39 bits per heavy atom. The van der Waals surface area contributed by atoms with Crippen LogP contribution in [0.4, 0.5) is 5.69 Å². The molecule has 1 rings (SSSR count). The molecule has 18 heavy (non-hydrogen) atoms. The van der Waals surface area contributed by atoms with Crippen LogP contribution in [-0.2, 0) is 11.3 Å². The lowest BCUT2D eigenvalue weighted by Gasteiger charge is -2.22. The van der Waals surface area contributed by atoms with Crippen molar-refractivity contribution >= 4 is 23.2 Å². The van der Waals surface area contributed by atoms with Gasteiger partial charge < -0.3 is 15.5 Å². The second-order valence-corrected chi connectivity index (χ2v) is 4.58. The van der Waals surface area contributed by atoms with Crippen molar-refractivity contribution in [1.29, 1.82) is 0 Å². The number of carbonyl (C=O) groups is 1. The normalized spacial score (nSPS) is 10.2. The summed E-state index contributed by atoms with van der Waals surface area (Å²) < 4.78 is 0. The number of amides is 1. The molecule has 0 unspecified atom stereocenters. The summed E-state index contributed by atoms with van der Waals surface area (Å²) in [5, 5.41) is 6.47. The van der Waals surface area contributed by atoms with E-state index < -0.39 is 0 Å². The van der Waals surface area contributed by atoms with Crippen LogP contribution in [0.5, 0.6) is 0 Å². The largest absolute Gasteiger partial charge is 0.374 e. The molecule has 4 nitrogen and oxygen atoms in total. The molecule has 0 bridgehead atoms. The van der Waals surface area contributed by atoms with Crippen LogP contribution in [0.15, 0.2) is 18.2 Å². The molecule has 0 spiro atoms. The molecule has 0 aliphatic carbocycles. The van der Waals surface area contributed by atoms with E-state index in [0.29, 0.717) is 13.0 Å². The van der Waals surface area contributed by atoms with Crippen molar-refractivity contribution in [1.82, 2.24) is 10.6 Å². The number of nitrogens with zero attached hydrogens (tertiary/aromatic N) is 1. The second kappa shape index (κ2) is 7.24. The van der Waals surface area contributed by atoms with Crippen LogP contribution >= 0.6 is 11.6 Å². The summed E-state index contributed by atoms with van der Waals surface area (Å²) in [7, 11) is 5.53. The Kier molecular flexibility index (Phi) is 5.95. The minimum absolute atomic E-state index is 0.0472. The maximum atomic E-state index is 11.2. The lowest BCUT2D eigenvalue weighted by atomic mass is 10.1. The molecule has 1 amide bonds. The van der Waals surface area contributed by atoms with Crippen molar-refractivity contribution in [2.75, 3.05) is 32.6 Å². The molecule has 100 valence electrons. The molecule has 0 heterocycles. The Hall–Kier alpha value is -1.26. The van der Waals surface area contributed by atoms with Crippen LogP contribution in [0.2, 0.25) is 5.02 Å². The quantitative estimate of drug-likeness (QED) is 0.825. The first-order valence-corrected chi connectivity index (χ1v) is 6.31. The van der Waals surface area contributed by atoms with Crippen LogP contribution in [0, 0.1) is 0 Å². The van der Waals surface area contributed by atoms with E-state index in [4.69, 9.17) is 11.6 Å². The van der Waals surface area contributed by atoms with E-state index in [0.717, 1.165) is 22.8 Å². The summed E-state index contributed by atoms with van der Waals surface area (Å²) >= 11 is 6.00. The van der Waals surface area contributed by atoms with Crippen molar-refractivity contribution in [3.63, 3.8) is 0 Å². The van der Waals surface area contributed by atoms with E-state index in [1.165, 1.54) is 0 Å². The van der Waals surface area contributed by atoms with Crippen LogP contribution in [0.25, 0.3) is 0 Å². The van der Waals surface area contributed by atoms with Gasteiger partial charge in [0.25, 0.3) is 0 Å². The number of benzene rings is 1. The van der Waals surface area contributed by atoms with Gasteiger partial charge in [0.1, 0.15) is 0 Å². The lowest BCUT2D eigenvalue weighted by Crippen LogP contribution is -2.27. The Bertz CT molecular complexity index is 409. The van der Waals surface area contributed by atoms with Gasteiger partial charge in [0.05, 0.1) is 0 Å². The molecule has 0 aliphatic rings. The Morgan fingerprint density at radius 2 is 2.11 bits per heavy atom. The fraction of sp³-hybridized carbons (Fsp3) is 0.462. The van der Waals surface area contributed by atoms with Gasteiger partial charge in [0, 0.05) is 44.3 Å². The average molecular weight is 270 g/mol. The first-order chi connectivity index (χ1) is 8.58. The maximum Gasteiger partial charge on any atom is 0.221 e. The molecule has 0 atom stereocenters. The number of rotatable bonds is 6. The predicted octanol–water partition coefficient (Wildman–Crippen LogP) is 1.63. The van der Waals surface area contributed by atoms with Crippen LogP contribution in [0.1, 0.15) is 12.0 Å². The summed E-state index contributed by atoms with van der Waals surface area (Å²) in [6.07, 6.45) is 0.481. The highest BCUT2D eigenvalue weighted by Gasteiger charge is 2.09. The van der Waals surface area contributed by atoms with Gasteiger partial charge >= 0.3 is 0 Å². The van der Waals surface area contributed by atoms with Gasteiger partial charge in [-0.05, 0) is 30.8 Å². The van der Waals surface area contributed by atoms with Gasteiger partial charge in [-0.25, -0.2) is 0 Å². The maximum absolute atomic E-state index is 11.2. The van der Waals surface area contributed by atoms with Gasteiger partial charge in [0.2, 0.25) is 5.91 Å². The molecular formula is C13H20ClN3O. The number of halogens is 1. The number of nitrogens with one attached hydrogen (secondary N) is 2. The third kappa shape index (κ3) is 4.20. The molecule has 0 saturated heterocycles. The van der Waals surface area contributed by atoms with E-state index in [1.54, 1.807) is 7.05 Å². The molecule has 0 fully saturated rings. The minimum Gasteiger partial charge on any atom is -0.374 e. The topological polar surface area (TPSA) is 44.4 Å². The molecular weight excluding hydrogens is 250 g/mol. The fourth-order valence-corrected chi connectivity index (χ4v) is 1.97. The molecule has 0 radical (unpaired) electrons. The van der Waals surface area contributed by atoms with Gasteiger partial charge in [-0.1, -0.05) is 11.6 Å². The Balaban J connectivity index is 2.77. The smallest absolute Gasteiger partial charge is 0.221 e. The molecule has 1 aromatic rings. The molecule has 0 aromatic heterocycles. The van der Waals surface area contributed by atoms with E-state index in [9.17, 15) is 4.79 Å². The van der Waals surface area contributed by atoms with E-state index in [-0.39, 0.29) is 5.91 Å². The molecule has 0 aliphatic heterocycles. The van der Waals surface area contributed by atoms with Gasteiger partial charge in [-0.3, -0.25) is 4.79 Å². The number of anilines is 1. The SMILES string of the molecule is CNCc1cc(Cl)ccc1N(C)CCC(=O)NC. The van der Waals surface area contributed by atoms with Gasteiger partial charge in [-0.15, -0.1) is 0 Å². The summed E-state index contributed by atoms with van der Waals surface area (Å²) in [5.74, 6) is 0.0472. The Morgan fingerprint density at radius 3 is 2.72 bits per heavy atom. The predicted molar refractivity (Wildman–Crippen MR) is 76.2 cm³/mol. The van der Waals surface area contributed by atoms with E-state index in [2.05, 4.69) is 15.5 Å². The molecule has 0 saturated carbocycles. The third-order valence-corrected chi connectivity index (χ3v) is 3.01. The van der Waals surface area contributed by atoms with Crippen LogP contribution < -0.4 is 15.5 Å². The second-order valence-electron chi connectivity index (χ2n) is 4.15. The van der Waals surface area contributed by atoms with E-state index in [1.807, 2.05) is 32.3 Å². The molecule has 1 aromatic carbocycles. The van der Waals surface area contributed by atoms with Crippen molar-refractivity contribution in [2.24, 2.45) is 0 Å².